The molecule has 0 bridgehead atoms. The number of carbonyl (C=O) groups is 2. The van der Waals surface area contributed by atoms with E-state index in [-0.39, 0.29) is 23.1 Å². The van der Waals surface area contributed by atoms with Crippen molar-refractivity contribution in [1.82, 2.24) is 14.7 Å². The lowest BCUT2D eigenvalue weighted by atomic mass is 9.95. The van der Waals surface area contributed by atoms with Crippen LogP contribution in [0.5, 0.6) is 0 Å². The van der Waals surface area contributed by atoms with Crippen molar-refractivity contribution >= 4 is 23.7 Å². The first kappa shape index (κ1) is 22.0. The Balaban J connectivity index is 1.63. The zero-order valence-corrected chi connectivity index (χ0v) is 18.7. The number of nitrogens with zero attached hydrogens (tertiary/aromatic N) is 4. The third kappa shape index (κ3) is 3.92. The second kappa shape index (κ2) is 8.85. The molecule has 9 heteroatoms. The number of anilines is 2. The number of ether oxygens (including phenoxy) is 1. The molecule has 7 nitrogen and oxygen atoms in total. The molecule has 1 aromatic carbocycles. The highest BCUT2D eigenvalue weighted by Gasteiger charge is 2.34. The summed E-state index contributed by atoms with van der Waals surface area (Å²) in [5.74, 6) is 0.752. The van der Waals surface area contributed by atoms with Crippen LogP contribution < -0.4 is 4.90 Å². The van der Waals surface area contributed by atoms with E-state index in [1.54, 1.807) is 13.0 Å². The van der Waals surface area contributed by atoms with Crippen molar-refractivity contribution in [3.05, 3.63) is 40.1 Å². The third-order valence-electron chi connectivity index (χ3n) is 7.07. The molecule has 4 heterocycles. The number of rotatable bonds is 4. The second-order valence-electron chi connectivity index (χ2n) is 9.01. The summed E-state index contributed by atoms with van der Waals surface area (Å²) in [6, 6.07) is 3.28. The summed E-state index contributed by atoms with van der Waals surface area (Å²) in [6.07, 6.45) is 1.78. The molecule has 1 fully saturated rings. The van der Waals surface area contributed by atoms with E-state index >= 15 is 0 Å². The SMILES string of the molecule is CC(=O)N1CCc2c(c(N3CCCc4cc(C=O)c(C(F)F)cc43)nn2C2CCOCC2)C1. The van der Waals surface area contributed by atoms with Gasteiger partial charge in [0.2, 0.25) is 5.91 Å². The lowest BCUT2D eigenvalue weighted by Gasteiger charge is -2.33. The van der Waals surface area contributed by atoms with Crippen molar-refractivity contribution in [2.45, 2.75) is 58.0 Å². The highest BCUT2D eigenvalue weighted by Crippen LogP contribution is 2.41. The van der Waals surface area contributed by atoms with Crippen molar-refractivity contribution < 1.29 is 23.1 Å². The van der Waals surface area contributed by atoms with Crippen molar-refractivity contribution in [1.29, 1.82) is 0 Å². The van der Waals surface area contributed by atoms with Crippen LogP contribution in [0.15, 0.2) is 12.1 Å². The Morgan fingerprint density at radius 3 is 2.70 bits per heavy atom. The Bertz CT molecular complexity index is 1080. The van der Waals surface area contributed by atoms with Gasteiger partial charge in [-0.1, -0.05) is 0 Å². The number of fused-ring (bicyclic) bond motifs is 2. The van der Waals surface area contributed by atoms with Gasteiger partial charge in [-0.3, -0.25) is 14.3 Å². The molecule has 0 spiro atoms. The molecule has 33 heavy (non-hydrogen) atoms. The molecule has 0 N–H and O–H groups in total. The molecule has 0 radical (unpaired) electrons. The molecule has 5 rings (SSSR count). The molecular formula is C24H28F2N4O3. The Hall–Kier alpha value is -2.81. The zero-order valence-electron chi connectivity index (χ0n) is 18.7. The number of halogens is 2. The van der Waals surface area contributed by atoms with Gasteiger partial charge in [-0.05, 0) is 43.4 Å². The minimum atomic E-state index is -2.74. The summed E-state index contributed by atoms with van der Waals surface area (Å²) in [6.45, 7) is 4.70. The summed E-state index contributed by atoms with van der Waals surface area (Å²) in [4.78, 5) is 27.4. The largest absolute Gasteiger partial charge is 0.381 e. The number of carbonyl (C=O) groups excluding carboxylic acids is 2. The van der Waals surface area contributed by atoms with Gasteiger partial charge in [-0.25, -0.2) is 8.78 Å². The standard InChI is InChI=1S/C24H28F2N4O3/c1-15(32)28-8-4-21-20(13-28)24(27-30(21)18-5-9-33-10-6-18)29-7-2-3-16-11-17(14-31)19(23(25)26)12-22(16)29/h11-12,14,18,23H,2-10,13H2,1H3. The average molecular weight is 459 g/mol. The number of hydrogen-bond acceptors (Lipinski definition) is 5. The fourth-order valence-electron chi connectivity index (χ4n) is 5.32. The topological polar surface area (TPSA) is 67.7 Å². The molecular weight excluding hydrogens is 430 g/mol. The van der Waals surface area contributed by atoms with E-state index in [9.17, 15) is 18.4 Å². The van der Waals surface area contributed by atoms with Gasteiger partial charge in [-0.2, -0.15) is 5.10 Å². The van der Waals surface area contributed by atoms with Gasteiger partial charge in [0.15, 0.2) is 12.1 Å². The number of hydrogen-bond donors (Lipinski definition) is 0. The van der Waals surface area contributed by atoms with Crippen LogP contribution in [0.3, 0.4) is 0 Å². The van der Waals surface area contributed by atoms with E-state index in [2.05, 4.69) is 4.68 Å². The van der Waals surface area contributed by atoms with Crippen molar-refractivity contribution in [2.24, 2.45) is 0 Å². The molecule has 0 atom stereocenters. The maximum absolute atomic E-state index is 13.7. The van der Waals surface area contributed by atoms with Crippen LogP contribution >= 0.6 is 0 Å². The smallest absolute Gasteiger partial charge is 0.264 e. The van der Waals surface area contributed by atoms with E-state index < -0.39 is 6.43 Å². The summed E-state index contributed by atoms with van der Waals surface area (Å²) in [5.41, 5.74) is 3.47. The van der Waals surface area contributed by atoms with Crippen LogP contribution in [0.1, 0.15) is 71.4 Å². The number of aldehydes is 1. The zero-order chi connectivity index (χ0) is 23.1. The Morgan fingerprint density at radius 2 is 2.00 bits per heavy atom. The molecule has 1 amide bonds. The first-order valence-corrected chi connectivity index (χ1v) is 11.6. The van der Waals surface area contributed by atoms with Gasteiger partial charge in [-0.15, -0.1) is 0 Å². The quantitative estimate of drug-likeness (QED) is 0.649. The number of amides is 1. The van der Waals surface area contributed by atoms with Gasteiger partial charge in [0.05, 0.1) is 12.6 Å². The number of aromatic nitrogens is 2. The van der Waals surface area contributed by atoms with E-state index in [0.717, 1.165) is 48.3 Å². The Labute approximate surface area is 191 Å². The Kier molecular flexibility index (Phi) is 5.90. The molecule has 3 aliphatic heterocycles. The highest BCUT2D eigenvalue weighted by atomic mass is 19.3. The first-order chi connectivity index (χ1) is 16.0. The van der Waals surface area contributed by atoms with Crippen molar-refractivity contribution in [2.75, 3.05) is 31.2 Å². The predicted octanol–water partition coefficient (Wildman–Crippen LogP) is 3.97. The lowest BCUT2D eigenvalue weighted by Crippen LogP contribution is -2.36. The monoisotopic (exact) mass is 458 g/mol. The van der Waals surface area contributed by atoms with Crippen LogP contribution in [-0.4, -0.2) is 53.2 Å². The average Bonchev–Trinajstić information content (AvgIpc) is 3.22. The van der Waals surface area contributed by atoms with Crippen molar-refractivity contribution in [3.63, 3.8) is 0 Å². The summed E-state index contributed by atoms with van der Waals surface area (Å²) >= 11 is 0. The van der Waals surface area contributed by atoms with E-state index in [1.807, 2.05) is 9.80 Å². The van der Waals surface area contributed by atoms with E-state index in [0.29, 0.717) is 51.2 Å². The fourth-order valence-corrected chi connectivity index (χ4v) is 5.32. The van der Waals surface area contributed by atoms with E-state index in [4.69, 9.17) is 9.84 Å². The third-order valence-corrected chi connectivity index (χ3v) is 7.07. The summed E-state index contributed by atoms with van der Waals surface area (Å²) < 4.78 is 35.1. The molecule has 2 aromatic rings. The van der Waals surface area contributed by atoms with Crippen LogP contribution in [0.4, 0.5) is 20.3 Å². The Morgan fingerprint density at radius 1 is 1.21 bits per heavy atom. The van der Waals surface area contributed by atoms with E-state index in [1.165, 1.54) is 6.07 Å². The molecule has 0 saturated carbocycles. The maximum atomic E-state index is 13.7. The summed E-state index contributed by atoms with van der Waals surface area (Å²) in [5, 5.41) is 5.04. The maximum Gasteiger partial charge on any atom is 0.264 e. The summed E-state index contributed by atoms with van der Waals surface area (Å²) in [7, 11) is 0. The molecule has 0 unspecified atom stereocenters. The van der Waals surface area contributed by atoms with Crippen molar-refractivity contribution in [3.8, 4) is 0 Å². The molecule has 3 aliphatic rings. The lowest BCUT2D eigenvalue weighted by molar-refractivity contribution is -0.129. The highest BCUT2D eigenvalue weighted by molar-refractivity contribution is 5.82. The molecule has 176 valence electrons. The van der Waals surface area contributed by atoms with Gasteiger partial charge in [0.1, 0.15) is 0 Å². The molecule has 1 saturated heterocycles. The van der Waals surface area contributed by atoms with Crippen LogP contribution in [0, 0.1) is 0 Å². The van der Waals surface area contributed by atoms with Crippen LogP contribution in [0.25, 0.3) is 0 Å². The normalized spacial score (nSPS) is 18.9. The minimum Gasteiger partial charge on any atom is -0.381 e. The van der Waals surface area contributed by atoms with Gasteiger partial charge >= 0.3 is 0 Å². The minimum absolute atomic E-state index is 0.0140. The second-order valence-corrected chi connectivity index (χ2v) is 9.01. The fraction of sp³-hybridized carbons (Fsp3) is 0.542. The van der Waals surface area contributed by atoms with Gasteiger partial charge in [0, 0.05) is 67.7 Å². The number of alkyl halides is 2. The van der Waals surface area contributed by atoms with Gasteiger partial charge in [0.25, 0.3) is 6.43 Å². The van der Waals surface area contributed by atoms with Gasteiger partial charge < -0.3 is 14.5 Å². The first-order valence-electron chi connectivity index (χ1n) is 11.6. The predicted molar refractivity (Wildman–Crippen MR) is 118 cm³/mol. The van der Waals surface area contributed by atoms with Crippen LogP contribution in [-0.2, 0) is 28.9 Å². The molecule has 1 aromatic heterocycles. The van der Waals surface area contributed by atoms with Crippen LogP contribution in [0.2, 0.25) is 0 Å². The number of aryl methyl sites for hydroxylation is 1. The number of benzene rings is 1. The molecule has 0 aliphatic carbocycles.